The predicted molar refractivity (Wildman–Crippen MR) is 106 cm³/mol. The summed E-state index contributed by atoms with van der Waals surface area (Å²) in [6.07, 6.45) is -1.48. The van der Waals surface area contributed by atoms with Gasteiger partial charge in [0.1, 0.15) is 5.82 Å². The summed E-state index contributed by atoms with van der Waals surface area (Å²) in [6.45, 7) is 3.23. The molecule has 2 aliphatic heterocycles. The molecule has 4 rings (SSSR count). The Morgan fingerprint density at radius 3 is 2.65 bits per heavy atom. The van der Waals surface area contributed by atoms with E-state index in [1.54, 1.807) is 4.90 Å². The normalized spacial score (nSPS) is 23.0. The average Bonchev–Trinajstić information content (AvgIpc) is 3.54. The van der Waals surface area contributed by atoms with Gasteiger partial charge in [-0.15, -0.1) is 0 Å². The van der Waals surface area contributed by atoms with Gasteiger partial charge in [0.15, 0.2) is 5.69 Å². The van der Waals surface area contributed by atoms with Crippen LogP contribution in [0.5, 0.6) is 0 Å². The van der Waals surface area contributed by atoms with E-state index in [4.69, 9.17) is 5.73 Å². The highest BCUT2D eigenvalue weighted by Gasteiger charge is 2.41. The second-order valence-electron chi connectivity index (χ2n) is 9.10. The van der Waals surface area contributed by atoms with Crippen molar-refractivity contribution >= 4 is 11.8 Å². The van der Waals surface area contributed by atoms with Crippen LogP contribution in [0.3, 0.4) is 0 Å². The highest BCUT2D eigenvalue weighted by molar-refractivity contribution is 5.78. The summed E-state index contributed by atoms with van der Waals surface area (Å²) < 4.78 is 40.6. The van der Waals surface area contributed by atoms with Gasteiger partial charge >= 0.3 is 6.18 Å². The third-order valence-electron chi connectivity index (χ3n) is 6.27. The Morgan fingerprint density at radius 2 is 1.97 bits per heavy atom. The topological polar surface area (TPSA) is 92.4 Å². The van der Waals surface area contributed by atoms with E-state index in [1.807, 2.05) is 0 Å². The Hall–Kier alpha value is -2.23. The molecule has 1 saturated heterocycles. The molecule has 0 bridgehead atoms. The van der Waals surface area contributed by atoms with E-state index in [0.717, 1.165) is 19.3 Å². The van der Waals surface area contributed by atoms with E-state index in [-0.39, 0.29) is 60.7 Å². The Labute approximate surface area is 179 Å². The second kappa shape index (κ2) is 8.37. The Bertz CT molecular complexity index is 871. The molecule has 2 N–H and O–H groups in total. The Morgan fingerprint density at radius 1 is 1.23 bits per heavy atom. The van der Waals surface area contributed by atoms with E-state index in [0.29, 0.717) is 25.4 Å². The fourth-order valence-corrected chi connectivity index (χ4v) is 4.40. The van der Waals surface area contributed by atoms with Crippen molar-refractivity contribution in [3.8, 4) is 0 Å². The number of nitrogens with zero attached hydrogens (tertiary/aromatic N) is 4. The van der Waals surface area contributed by atoms with Gasteiger partial charge in [-0.3, -0.25) is 9.59 Å². The molecule has 10 heteroatoms. The second-order valence-corrected chi connectivity index (χ2v) is 9.10. The molecule has 1 saturated carbocycles. The summed E-state index contributed by atoms with van der Waals surface area (Å²) in [5, 5.41) is 0. The number of halogens is 3. The molecule has 1 aliphatic carbocycles. The summed E-state index contributed by atoms with van der Waals surface area (Å²) in [5.74, 6) is 0.445. The maximum absolute atomic E-state index is 13.5. The van der Waals surface area contributed by atoms with Crippen molar-refractivity contribution in [2.75, 3.05) is 19.6 Å². The van der Waals surface area contributed by atoms with Gasteiger partial charge in [0.05, 0.1) is 12.2 Å². The maximum Gasteiger partial charge on any atom is 0.433 e. The molecule has 1 aromatic heterocycles. The molecular weight excluding hydrogens is 411 g/mol. The molecule has 31 heavy (non-hydrogen) atoms. The number of piperidine rings is 1. The van der Waals surface area contributed by atoms with Gasteiger partial charge in [-0.25, -0.2) is 9.97 Å². The first kappa shape index (κ1) is 22.0. The quantitative estimate of drug-likeness (QED) is 0.760. The molecule has 0 spiro atoms. The number of hydrogen-bond donors (Lipinski definition) is 1. The minimum absolute atomic E-state index is 0.0182. The molecule has 1 aromatic rings. The fourth-order valence-electron chi connectivity index (χ4n) is 4.40. The van der Waals surface area contributed by atoms with Crippen LogP contribution < -0.4 is 5.73 Å². The van der Waals surface area contributed by atoms with Crippen molar-refractivity contribution in [3.63, 3.8) is 0 Å². The molecule has 3 heterocycles. The molecule has 0 aromatic carbocycles. The molecule has 2 amide bonds. The molecule has 3 aliphatic rings. The lowest BCUT2D eigenvalue weighted by molar-refractivity contribution is -0.142. The van der Waals surface area contributed by atoms with Crippen molar-refractivity contribution < 1.29 is 22.8 Å². The minimum atomic E-state index is -4.54. The van der Waals surface area contributed by atoms with Gasteiger partial charge in [0, 0.05) is 50.0 Å². The number of nitrogens with two attached hydrogens (primary N) is 1. The van der Waals surface area contributed by atoms with Gasteiger partial charge in [0.2, 0.25) is 11.8 Å². The summed E-state index contributed by atoms with van der Waals surface area (Å²) >= 11 is 0. The number of rotatable bonds is 5. The number of aromatic nitrogens is 2. The molecular formula is C21H28F3N5O2. The third-order valence-corrected chi connectivity index (χ3v) is 6.27. The van der Waals surface area contributed by atoms with Crippen LogP contribution in [0.15, 0.2) is 0 Å². The van der Waals surface area contributed by atoms with Crippen LogP contribution >= 0.6 is 0 Å². The molecule has 2 atom stereocenters. The monoisotopic (exact) mass is 439 g/mol. The SMILES string of the molecule is CC1CCC(=O)N(C[C@@H](N)CC(=O)N2CCc3c(nc(C4CC4)nc3C(F)(F)F)C2)C1. The standard InChI is InChI=1S/C21H28F3N5O2/c1-12-2-5-17(30)29(9-12)10-14(25)8-18(31)28-7-6-15-16(11-28)26-20(13-3-4-13)27-19(15)21(22,23)24/h12-14H,2-11,25H2,1H3/t12?,14-/m0/s1. The van der Waals surface area contributed by atoms with Crippen molar-refractivity contribution in [2.45, 2.75) is 70.1 Å². The zero-order valence-corrected chi connectivity index (χ0v) is 17.6. The Balaban J connectivity index is 1.42. The lowest BCUT2D eigenvalue weighted by atomic mass is 9.98. The van der Waals surface area contributed by atoms with Gasteiger partial charge in [-0.1, -0.05) is 6.92 Å². The van der Waals surface area contributed by atoms with E-state index in [1.165, 1.54) is 4.90 Å². The summed E-state index contributed by atoms with van der Waals surface area (Å²) in [4.78, 5) is 36.3. The van der Waals surface area contributed by atoms with Crippen LogP contribution in [0.2, 0.25) is 0 Å². The number of likely N-dealkylation sites (tertiary alicyclic amines) is 1. The first-order chi connectivity index (χ1) is 14.6. The van der Waals surface area contributed by atoms with Crippen molar-refractivity contribution in [2.24, 2.45) is 11.7 Å². The van der Waals surface area contributed by atoms with Crippen LogP contribution in [0.25, 0.3) is 0 Å². The number of fused-ring (bicyclic) bond motifs is 1. The number of alkyl halides is 3. The van der Waals surface area contributed by atoms with Crippen LogP contribution in [-0.4, -0.2) is 57.3 Å². The van der Waals surface area contributed by atoms with Crippen molar-refractivity contribution in [3.05, 3.63) is 22.8 Å². The fraction of sp³-hybridized carbons (Fsp3) is 0.714. The molecule has 1 unspecified atom stereocenters. The first-order valence-corrected chi connectivity index (χ1v) is 10.9. The highest BCUT2D eigenvalue weighted by Crippen LogP contribution is 2.41. The lowest BCUT2D eigenvalue weighted by Gasteiger charge is -2.34. The minimum Gasteiger partial charge on any atom is -0.341 e. The number of carbonyl (C=O) groups excluding carboxylic acids is 2. The Kier molecular flexibility index (Phi) is 5.93. The smallest absolute Gasteiger partial charge is 0.341 e. The van der Waals surface area contributed by atoms with Gasteiger partial charge in [-0.2, -0.15) is 13.2 Å². The summed E-state index contributed by atoms with van der Waals surface area (Å²) in [6, 6.07) is -0.513. The zero-order valence-electron chi connectivity index (χ0n) is 17.6. The molecule has 7 nitrogen and oxygen atoms in total. The zero-order chi connectivity index (χ0) is 22.3. The van der Waals surface area contributed by atoms with Crippen LogP contribution in [0, 0.1) is 5.92 Å². The summed E-state index contributed by atoms with van der Waals surface area (Å²) in [5.41, 5.74) is 5.68. The number of hydrogen-bond acceptors (Lipinski definition) is 5. The van der Waals surface area contributed by atoms with Gasteiger partial charge < -0.3 is 15.5 Å². The van der Waals surface area contributed by atoms with Crippen LogP contribution in [0.1, 0.15) is 67.7 Å². The highest BCUT2D eigenvalue weighted by atomic mass is 19.4. The summed E-state index contributed by atoms with van der Waals surface area (Å²) in [7, 11) is 0. The molecule has 0 radical (unpaired) electrons. The largest absolute Gasteiger partial charge is 0.433 e. The molecule has 2 fully saturated rings. The van der Waals surface area contributed by atoms with E-state index < -0.39 is 17.9 Å². The third kappa shape index (κ3) is 4.99. The average molecular weight is 439 g/mol. The first-order valence-electron chi connectivity index (χ1n) is 10.9. The van der Waals surface area contributed by atoms with Gasteiger partial charge in [-0.05, 0) is 31.6 Å². The lowest BCUT2D eigenvalue weighted by Crippen LogP contribution is -2.48. The van der Waals surface area contributed by atoms with Crippen LogP contribution in [-0.2, 0) is 28.7 Å². The number of amides is 2. The predicted octanol–water partition coefficient (Wildman–Crippen LogP) is 2.23. The van der Waals surface area contributed by atoms with E-state index in [2.05, 4.69) is 16.9 Å². The van der Waals surface area contributed by atoms with E-state index >= 15 is 0 Å². The van der Waals surface area contributed by atoms with Crippen LogP contribution in [0.4, 0.5) is 13.2 Å². The number of carbonyl (C=O) groups is 2. The van der Waals surface area contributed by atoms with Crippen molar-refractivity contribution in [1.82, 2.24) is 19.8 Å². The maximum atomic E-state index is 13.5. The van der Waals surface area contributed by atoms with E-state index in [9.17, 15) is 22.8 Å². The van der Waals surface area contributed by atoms with Gasteiger partial charge in [0.25, 0.3) is 0 Å². The van der Waals surface area contributed by atoms with Crippen molar-refractivity contribution in [1.29, 1.82) is 0 Å². The molecule has 170 valence electrons.